The molecule has 0 spiro atoms. The number of aliphatic carboxylic acids is 1. The summed E-state index contributed by atoms with van der Waals surface area (Å²) in [4.78, 5) is 30.2. The lowest BCUT2D eigenvalue weighted by Gasteiger charge is -2.41. The molecule has 0 bridgehead atoms. The van der Waals surface area contributed by atoms with Crippen LogP contribution in [-0.2, 0) is 19.9 Å². The van der Waals surface area contributed by atoms with Crippen molar-refractivity contribution in [3.8, 4) is 11.1 Å². The Morgan fingerprint density at radius 1 is 1.00 bits per heavy atom. The molecular formula is C27H25BrN2O5. The first-order valence-corrected chi connectivity index (χ1v) is 12.3. The van der Waals surface area contributed by atoms with Crippen molar-refractivity contribution in [3.05, 3.63) is 88.2 Å². The number of hydrogen-bond donors (Lipinski definition) is 1. The highest BCUT2D eigenvalue weighted by atomic mass is 79.9. The summed E-state index contributed by atoms with van der Waals surface area (Å²) in [5.41, 5.74) is 4.65. The van der Waals surface area contributed by atoms with Crippen LogP contribution in [0.4, 0.5) is 4.79 Å². The molecule has 180 valence electrons. The molecule has 1 fully saturated rings. The molecule has 0 atom stereocenters. The summed E-state index contributed by atoms with van der Waals surface area (Å²) in [6.07, 6.45) is 2.16. The lowest BCUT2D eigenvalue weighted by atomic mass is 9.85. The highest BCUT2D eigenvalue weighted by Crippen LogP contribution is 2.45. The van der Waals surface area contributed by atoms with Gasteiger partial charge in [-0.15, -0.1) is 0 Å². The first kappa shape index (κ1) is 23.5. The van der Waals surface area contributed by atoms with Crippen LogP contribution in [0.1, 0.15) is 35.4 Å². The maximum Gasteiger partial charge on any atom is 0.409 e. The van der Waals surface area contributed by atoms with E-state index in [1.54, 1.807) is 17.2 Å². The first-order chi connectivity index (χ1) is 17.0. The second-order valence-corrected chi connectivity index (χ2v) is 9.56. The summed E-state index contributed by atoms with van der Waals surface area (Å²) in [5, 5.41) is 9.19. The molecule has 2 aliphatic rings. The lowest BCUT2D eigenvalue weighted by molar-refractivity contribution is -0.154. The number of pyridine rings is 1. The fraction of sp³-hybridized carbons (Fsp3) is 0.296. The Hall–Kier alpha value is -3.23. The number of hydrogen-bond acceptors (Lipinski definition) is 5. The summed E-state index contributed by atoms with van der Waals surface area (Å²) in [6.45, 7) is 0.611. The van der Waals surface area contributed by atoms with E-state index in [0.29, 0.717) is 30.5 Å². The second kappa shape index (κ2) is 9.79. The molecule has 7 nitrogen and oxygen atoms in total. The van der Waals surface area contributed by atoms with Crippen LogP contribution in [0.3, 0.4) is 0 Å². The van der Waals surface area contributed by atoms with E-state index in [1.807, 2.05) is 30.3 Å². The SMILES string of the molecule is O=C(O)COC1(c2cccnc2Br)CCN(C(=O)OCC2c3ccccc3-c3ccccc32)CC1. The van der Waals surface area contributed by atoms with E-state index in [0.717, 1.165) is 5.56 Å². The zero-order chi connectivity index (χ0) is 24.4. The van der Waals surface area contributed by atoms with Crippen LogP contribution >= 0.6 is 15.9 Å². The van der Waals surface area contributed by atoms with Gasteiger partial charge in [0.25, 0.3) is 0 Å². The molecule has 1 aliphatic carbocycles. The van der Waals surface area contributed by atoms with Gasteiger partial charge in [-0.05, 0) is 57.1 Å². The fourth-order valence-corrected chi connectivity index (χ4v) is 5.76. The number of piperidine rings is 1. The first-order valence-electron chi connectivity index (χ1n) is 11.6. The molecule has 0 radical (unpaired) electrons. The largest absolute Gasteiger partial charge is 0.480 e. The molecule has 5 rings (SSSR count). The average molecular weight is 537 g/mol. The molecule has 8 heteroatoms. The van der Waals surface area contributed by atoms with Gasteiger partial charge in [0, 0.05) is 30.8 Å². The van der Waals surface area contributed by atoms with Gasteiger partial charge in [-0.2, -0.15) is 0 Å². The number of carboxylic acids is 1. The van der Waals surface area contributed by atoms with Crippen LogP contribution in [0.5, 0.6) is 0 Å². The zero-order valence-corrected chi connectivity index (χ0v) is 20.6. The Labute approximate surface area is 211 Å². The van der Waals surface area contributed by atoms with Crippen molar-refractivity contribution in [3.63, 3.8) is 0 Å². The number of ether oxygens (including phenoxy) is 2. The topological polar surface area (TPSA) is 89.0 Å². The van der Waals surface area contributed by atoms with Crippen molar-refractivity contribution >= 4 is 28.0 Å². The van der Waals surface area contributed by atoms with Gasteiger partial charge in [0.05, 0.1) is 5.60 Å². The van der Waals surface area contributed by atoms with Crippen molar-refractivity contribution in [2.45, 2.75) is 24.4 Å². The minimum absolute atomic E-state index is 0.000444. The van der Waals surface area contributed by atoms with E-state index in [9.17, 15) is 14.7 Å². The number of fused-ring (bicyclic) bond motifs is 3. The Morgan fingerprint density at radius 2 is 1.63 bits per heavy atom. The molecule has 1 aromatic heterocycles. The molecule has 2 aromatic carbocycles. The molecular weight excluding hydrogens is 512 g/mol. The minimum atomic E-state index is -1.04. The molecule has 35 heavy (non-hydrogen) atoms. The van der Waals surface area contributed by atoms with E-state index >= 15 is 0 Å². The standard InChI is InChI=1S/C27H25BrN2O5/c28-25-23(10-5-13-29-25)27(35-17-24(31)32)11-14-30(15-12-27)26(33)34-16-22-20-8-3-1-6-18(20)19-7-2-4-9-21(19)22/h1-10,13,22H,11-12,14-17H2,(H,31,32). The van der Waals surface area contributed by atoms with Crippen LogP contribution in [0.2, 0.25) is 0 Å². The lowest BCUT2D eigenvalue weighted by Crippen LogP contribution is -2.47. The number of aromatic nitrogens is 1. The molecule has 0 saturated carbocycles. The molecule has 1 saturated heterocycles. The molecule has 1 amide bonds. The van der Waals surface area contributed by atoms with Gasteiger partial charge < -0.3 is 19.5 Å². The predicted octanol–water partition coefficient (Wildman–Crippen LogP) is 5.19. The van der Waals surface area contributed by atoms with Gasteiger partial charge >= 0.3 is 12.1 Å². The second-order valence-electron chi connectivity index (χ2n) is 8.81. The quantitative estimate of drug-likeness (QED) is 0.436. The summed E-state index contributed by atoms with van der Waals surface area (Å²) in [5.74, 6) is -1.04. The van der Waals surface area contributed by atoms with Crippen LogP contribution in [0.15, 0.2) is 71.5 Å². The number of halogens is 1. The van der Waals surface area contributed by atoms with Crippen LogP contribution in [0, 0.1) is 0 Å². The summed E-state index contributed by atoms with van der Waals surface area (Å²) >= 11 is 3.46. The number of benzene rings is 2. The maximum absolute atomic E-state index is 13.0. The third kappa shape index (κ3) is 4.56. The number of carboxylic acid groups (broad SMARTS) is 1. The molecule has 3 aromatic rings. The predicted molar refractivity (Wildman–Crippen MR) is 133 cm³/mol. The Morgan fingerprint density at radius 3 is 2.23 bits per heavy atom. The Kier molecular flexibility index (Phi) is 6.58. The van der Waals surface area contributed by atoms with Crippen LogP contribution < -0.4 is 0 Å². The highest BCUT2D eigenvalue weighted by Gasteiger charge is 2.41. The summed E-state index contributed by atoms with van der Waals surface area (Å²) in [6, 6.07) is 20.1. The van der Waals surface area contributed by atoms with E-state index in [2.05, 4.69) is 45.2 Å². The Balaban J connectivity index is 1.27. The highest BCUT2D eigenvalue weighted by molar-refractivity contribution is 9.10. The van der Waals surface area contributed by atoms with Crippen LogP contribution in [-0.4, -0.2) is 53.4 Å². The number of carbonyl (C=O) groups is 2. The van der Waals surface area contributed by atoms with Crippen molar-refractivity contribution in [1.29, 1.82) is 0 Å². The third-order valence-electron chi connectivity index (χ3n) is 6.89. The molecule has 0 unspecified atom stereocenters. The van der Waals surface area contributed by atoms with Gasteiger partial charge in [0.1, 0.15) is 17.8 Å². The number of amides is 1. The monoisotopic (exact) mass is 536 g/mol. The van der Waals surface area contributed by atoms with Crippen LogP contribution in [0.25, 0.3) is 11.1 Å². The minimum Gasteiger partial charge on any atom is -0.480 e. The fourth-order valence-electron chi connectivity index (χ4n) is 5.15. The molecule has 1 N–H and O–H groups in total. The van der Waals surface area contributed by atoms with Crippen molar-refractivity contribution < 1.29 is 24.2 Å². The van der Waals surface area contributed by atoms with Gasteiger partial charge in [-0.1, -0.05) is 54.6 Å². The number of likely N-dealkylation sites (tertiary alicyclic amines) is 1. The van der Waals surface area contributed by atoms with E-state index in [-0.39, 0.29) is 18.6 Å². The maximum atomic E-state index is 13.0. The molecule has 1 aliphatic heterocycles. The van der Waals surface area contributed by atoms with Gasteiger partial charge in [0.2, 0.25) is 0 Å². The molecule has 2 heterocycles. The van der Waals surface area contributed by atoms with E-state index in [1.165, 1.54) is 22.3 Å². The smallest absolute Gasteiger partial charge is 0.409 e. The van der Waals surface area contributed by atoms with Crippen molar-refractivity contribution in [2.24, 2.45) is 0 Å². The van der Waals surface area contributed by atoms with Crippen molar-refractivity contribution in [2.75, 3.05) is 26.3 Å². The number of nitrogens with zero attached hydrogens (tertiary/aromatic N) is 2. The third-order valence-corrected chi connectivity index (χ3v) is 7.52. The van der Waals surface area contributed by atoms with E-state index < -0.39 is 18.2 Å². The number of carbonyl (C=O) groups excluding carboxylic acids is 1. The average Bonchev–Trinajstić information content (AvgIpc) is 3.20. The normalized spacial score (nSPS) is 16.4. The van der Waals surface area contributed by atoms with Gasteiger partial charge in [0.15, 0.2) is 0 Å². The number of rotatable bonds is 6. The van der Waals surface area contributed by atoms with E-state index in [4.69, 9.17) is 9.47 Å². The Bertz CT molecular complexity index is 1210. The van der Waals surface area contributed by atoms with Gasteiger partial charge in [-0.25, -0.2) is 14.6 Å². The summed E-state index contributed by atoms with van der Waals surface area (Å²) in [7, 11) is 0. The zero-order valence-electron chi connectivity index (χ0n) is 19.0. The van der Waals surface area contributed by atoms with Crippen molar-refractivity contribution in [1.82, 2.24) is 9.88 Å². The summed E-state index contributed by atoms with van der Waals surface area (Å²) < 4.78 is 12.3. The van der Waals surface area contributed by atoms with Gasteiger partial charge in [-0.3, -0.25) is 0 Å².